The SMILES string of the molecule is Cc1noc(-c2cnc(Nc3ccc(S(C)(=O)=O)c(C)c3)nc2N)n1. The van der Waals surface area contributed by atoms with E-state index in [1.807, 2.05) is 0 Å². The summed E-state index contributed by atoms with van der Waals surface area (Å²) in [6, 6.07) is 4.87. The summed E-state index contributed by atoms with van der Waals surface area (Å²) in [5, 5.41) is 6.68. The van der Waals surface area contributed by atoms with Crippen LogP contribution in [0.25, 0.3) is 11.5 Å². The third-order valence-electron chi connectivity index (χ3n) is 3.41. The topological polar surface area (TPSA) is 137 Å². The van der Waals surface area contributed by atoms with E-state index in [1.54, 1.807) is 26.0 Å². The van der Waals surface area contributed by atoms with Crippen molar-refractivity contribution in [3.05, 3.63) is 35.8 Å². The molecule has 0 bridgehead atoms. The zero-order valence-electron chi connectivity index (χ0n) is 13.8. The molecule has 3 N–H and O–H groups in total. The van der Waals surface area contributed by atoms with Gasteiger partial charge in [0.05, 0.1) is 4.90 Å². The molecule has 25 heavy (non-hydrogen) atoms. The molecule has 1 aromatic carbocycles. The number of sulfone groups is 1. The molecule has 10 heteroatoms. The Hall–Kier alpha value is -3.01. The molecule has 3 rings (SSSR count). The van der Waals surface area contributed by atoms with Crippen LogP contribution in [-0.4, -0.2) is 34.8 Å². The summed E-state index contributed by atoms with van der Waals surface area (Å²) in [7, 11) is -3.27. The van der Waals surface area contributed by atoms with E-state index >= 15 is 0 Å². The van der Waals surface area contributed by atoms with Crippen LogP contribution in [0.4, 0.5) is 17.5 Å². The molecule has 0 saturated heterocycles. The van der Waals surface area contributed by atoms with Gasteiger partial charge in [0, 0.05) is 18.1 Å². The van der Waals surface area contributed by atoms with Gasteiger partial charge in [0.1, 0.15) is 11.4 Å². The van der Waals surface area contributed by atoms with Crippen molar-refractivity contribution in [2.75, 3.05) is 17.3 Å². The second-order valence-corrected chi connectivity index (χ2v) is 7.50. The van der Waals surface area contributed by atoms with Gasteiger partial charge in [0.15, 0.2) is 15.7 Å². The lowest BCUT2D eigenvalue weighted by molar-refractivity contribution is 0.425. The minimum absolute atomic E-state index is 0.186. The van der Waals surface area contributed by atoms with Gasteiger partial charge >= 0.3 is 0 Å². The molecule has 9 nitrogen and oxygen atoms in total. The van der Waals surface area contributed by atoms with Crippen LogP contribution in [0.15, 0.2) is 33.8 Å². The van der Waals surface area contributed by atoms with Crippen molar-refractivity contribution < 1.29 is 12.9 Å². The average molecular weight is 360 g/mol. The van der Waals surface area contributed by atoms with Crippen LogP contribution in [0.2, 0.25) is 0 Å². The third-order valence-corrected chi connectivity index (χ3v) is 4.66. The first-order valence-corrected chi connectivity index (χ1v) is 9.14. The molecule has 0 amide bonds. The highest BCUT2D eigenvalue weighted by atomic mass is 32.2. The first-order chi connectivity index (χ1) is 11.7. The van der Waals surface area contributed by atoms with E-state index in [0.29, 0.717) is 22.6 Å². The summed E-state index contributed by atoms with van der Waals surface area (Å²) in [4.78, 5) is 12.7. The minimum atomic E-state index is -3.27. The second-order valence-electron chi connectivity index (χ2n) is 5.52. The highest BCUT2D eigenvalue weighted by Gasteiger charge is 2.14. The molecular formula is C15H16N6O3S. The number of nitrogens with one attached hydrogen (secondary N) is 1. The van der Waals surface area contributed by atoms with Gasteiger partial charge in [-0.1, -0.05) is 5.16 Å². The maximum Gasteiger partial charge on any atom is 0.263 e. The van der Waals surface area contributed by atoms with Gasteiger partial charge in [-0.25, -0.2) is 13.4 Å². The highest BCUT2D eigenvalue weighted by Crippen LogP contribution is 2.25. The standard InChI is InChI=1S/C15H16N6O3S/c1-8-6-10(4-5-12(8)25(3,22)23)19-15-17-7-11(13(16)20-15)14-18-9(2)21-24-14/h4-7H,1-3H3,(H3,16,17,19,20). The van der Waals surface area contributed by atoms with Crippen molar-refractivity contribution in [1.29, 1.82) is 0 Å². The number of nitrogen functional groups attached to an aromatic ring is 1. The van der Waals surface area contributed by atoms with E-state index in [9.17, 15) is 8.42 Å². The molecule has 0 atom stereocenters. The maximum absolute atomic E-state index is 11.7. The molecule has 0 radical (unpaired) electrons. The summed E-state index contributed by atoms with van der Waals surface area (Å²) >= 11 is 0. The van der Waals surface area contributed by atoms with Gasteiger partial charge in [-0.3, -0.25) is 0 Å². The van der Waals surface area contributed by atoms with Crippen LogP contribution in [0.1, 0.15) is 11.4 Å². The zero-order valence-corrected chi connectivity index (χ0v) is 14.6. The minimum Gasteiger partial charge on any atom is -0.383 e. The number of hydrogen-bond donors (Lipinski definition) is 2. The van der Waals surface area contributed by atoms with Crippen LogP contribution < -0.4 is 11.1 Å². The number of nitrogens with zero attached hydrogens (tertiary/aromatic N) is 4. The molecule has 0 spiro atoms. The summed E-state index contributed by atoms with van der Waals surface area (Å²) < 4.78 is 28.4. The Kier molecular flexibility index (Phi) is 4.13. The van der Waals surface area contributed by atoms with Crippen LogP contribution in [0, 0.1) is 13.8 Å². The fourth-order valence-corrected chi connectivity index (χ4v) is 3.26. The Bertz CT molecular complexity index is 1050. The van der Waals surface area contributed by atoms with E-state index in [4.69, 9.17) is 10.3 Å². The Balaban J connectivity index is 1.87. The Morgan fingerprint density at radius 1 is 1.20 bits per heavy atom. The number of hydrogen-bond acceptors (Lipinski definition) is 9. The fraction of sp³-hybridized carbons (Fsp3) is 0.200. The monoisotopic (exact) mass is 360 g/mol. The van der Waals surface area contributed by atoms with Gasteiger partial charge in [-0.05, 0) is 37.6 Å². The predicted molar refractivity (Wildman–Crippen MR) is 92.0 cm³/mol. The van der Waals surface area contributed by atoms with Crippen LogP contribution in [0.3, 0.4) is 0 Å². The molecule has 0 saturated carbocycles. The number of rotatable bonds is 4. The van der Waals surface area contributed by atoms with E-state index < -0.39 is 9.84 Å². The smallest absolute Gasteiger partial charge is 0.263 e. The van der Waals surface area contributed by atoms with E-state index in [1.165, 1.54) is 18.5 Å². The lowest BCUT2D eigenvalue weighted by Crippen LogP contribution is -2.04. The largest absolute Gasteiger partial charge is 0.383 e. The van der Waals surface area contributed by atoms with Crippen LogP contribution >= 0.6 is 0 Å². The molecule has 2 aromatic heterocycles. The quantitative estimate of drug-likeness (QED) is 0.714. The van der Waals surface area contributed by atoms with Crippen molar-refractivity contribution >= 4 is 27.3 Å². The van der Waals surface area contributed by atoms with Gasteiger partial charge < -0.3 is 15.6 Å². The van der Waals surface area contributed by atoms with Gasteiger partial charge in [-0.15, -0.1) is 0 Å². The molecule has 2 heterocycles. The average Bonchev–Trinajstić information content (AvgIpc) is 2.92. The lowest BCUT2D eigenvalue weighted by atomic mass is 10.2. The van der Waals surface area contributed by atoms with E-state index in [2.05, 4.69) is 25.4 Å². The first-order valence-electron chi connectivity index (χ1n) is 7.25. The lowest BCUT2D eigenvalue weighted by Gasteiger charge is -2.09. The highest BCUT2D eigenvalue weighted by molar-refractivity contribution is 7.90. The molecule has 0 aliphatic carbocycles. The molecule has 130 valence electrons. The van der Waals surface area contributed by atoms with Crippen molar-refractivity contribution in [2.24, 2.45) is 0 Å². The summed E-state index contributed by atoms with van der Waals surface area (Å²) in [5.41, 5.74) is 7.64. The Morgan fingerprint density at radius 2 is 1.96 bits per heavy atom. The van der Waals surface area contributed by atoms with E-state index in [-0.39, 0.29) is 22.6 Å². The number of benzene rings is 1. The van der Waals surface area contributed by atoms with Gasteiger partial charge in [0.25, 0.3) is 5.89 Å². The normalized spacial score (nSPS) is 11.5. The molecule has 3 aromatic rings. The second kappa shape index (κ2) is 6.13. The van der Waals surface area contributed by atoms with Crippen molar-refractivity contribution in [2.45, 2.75) is 18.7 Å². The predicted octanol–water partition coefficient (Wildman–Crippen LogP) is 1.87. The van der Waals surface area contributed by atoms with Crippen LogP contribution in [0.5, 0.6) is 0 Å². The van der Waals surface area contributed by atoms with Gasteiger partial charge in [-0.2, -0.15) is 9.97 Å². The molecule has 0 fully saturated rings. The Morgan fingerprint density at radius 3 is 2.52 bits per heavy atom. The molecule has 0 aliphatic heterocycles. The number of anilines is 3. The third kappa shape index (κ3) is 3.58. The van der Waals surface area contributed by atoms with E-state index in [0.717, 1.165) is 0 Å². The number of aromatic nitrogens is 4. The first kappa shape index (κ1) is 16.8. The molecular weight excluding hydrogens is 344 g/mol. The fourth-order valence-electron chi connectivity index (χ4n) is 2.30. The summed E-state index contributed by atoms with van der Waals surface area (Å²) in [6.45, 7) is 3.42. The van der Waals surface area contributed by atoms with Crippen LogP contribution in [-0.2, 0) is 9.84 Å². The van der Waals surface area contributed by atoms with Crippen molar-refractivity contribution in [3.8, 4) is 11.5 Å². The number of aryl methyl sites for hydroxylation is 2. The van der Waals surface area contributed by atoms with Gasteiger partial charge in [0.2, 0.25) is 5.95 Å². The molecule has 0 aliphatic rings. The summed E-state index contributed by atoms with van der Waals surface area (Å²) in [5.74, 6) is 1.18. The Labute approximate surface area is 144 Å². The summed E-state index contributed by atoms with van der Waals surface area (Å²) in [6.07, 6.45) is 2.65. The maximum atomic E-state index is 11.7. The zero-order chi connectivity index (χ0) is 18.2. The number of nitrogens with two attached hydrogens (primary N) is 1. The van der Waals surface area contributed by atoms with Crippen molar-refractivity contribution in [3.63, 3.8) is 0 Å². The molecule has 0 unspecified atom stereocenters. The van der Waals surface area contributed by atoms with Crippen molar-refractivity contribution in [1.82, 2.24) is 20.1 Å².